The number of nitrogens with zero attached hydrogens (tertiary/aromatic N) is 1. The molecule has 0 saturated carbocycles. The lowest BCUT2D eigenvalue weighted by Crippen LogP contribution is -2.48. The summed E-state index contributed by atoms with van der Waals surface area (Å²) in [6, 6.07) is 0. The zero-order chi connectivity index (χ0) is 15.1. The fourth-order valence-electron chi connectivity index (χ4n) is 2.95. The lowest BCUT2D eigenvalue weighted by molar-refractivity contribution is -0.0242. The SMILES string of the molecule is CCCCCOCC(O)CN1CCC2(CC1)CNC(=O)O2. The van der Waals surface area contributed by atoms with Crippen LogP contribution < -0.4 is 5.32 Å². The van der Waals surface area contributed by atoms with Gasteiger partial charge in [-0.1, -0.05) is 19.8 Å². The third-order valence-corrected chi connectivity index (χ3v) is 4.30. The molecular weight excluding hydrogens is 272 g/mol. The van der Waals surface area contributed by atoms with E-state index in [1.807, 2.05) is 0 Å². The molecule has 1 amide bonds. The molecule has 6 heteroatoms. The quantitative estimate of drug-likeness (QED) is 0.658. The summed E-state index contributed by atoms with van der Waals surface area (Å²) in [5, 5.41) is 12.7. The van der Waals surface area contributed by atoms with Gasteiger partial charge < -0.3 is 24.8 Å². The molecule has 6 nitrogen and oxygen atoms in total. The second kappa shape index (κ2) is 7.96. The molecule has 0 aliphatic carbocycles. The summed E-state index contributed by atoms with van der Waals surface area (Å²) >= 11 is 0. The van der Waals surface area contributed by atoms with Crippen LogP contribution in [0.4, 0.5) is 4.79 Å². The topological polar surface area (TPSA) is 71.0 Å². The van der Waals surface area contributed by atoms with Gasteiger partial charge in [0.15, 0.2) is 0 Å². The van der Waals surface area contributed by atoms with Crippen molar-refractivity contribution >= 4 is 6.09 Å². The van der Waals surface area contributed by atoms with Crippen molar-refractivity contribution in [3.63, 3.8) is 0 Å². The van der Waals surface area contributed by atoms with E-state index >= 15 is 0 Å². The fourth-order valence-corrected chi connectivity index (χ4v) is 2.95. The number of aliphatic hydroxyl groups is 1. The largest absolute Gasteiger partial charge is 0.441 e. The monoisotopic (exact) mass is 300 g/mol. The lowest BCUT2D eigenvalue weighted by atomic mass is 9.91. The average molecular weight is 300 g/mol. The lowest BCUT2D eigenvalue weighted by Gasteiger charge is -2.37. The number of ether oxygens (including phenoxy) is 2. The van der Waals surface area contributed by atoms with E-state index in [1.54, 1.807) is 0 Å². The number of nitrogens with one attached hydrogen (secondary N) is 1. The maximum absolute atomic E-state index is 11.2. The van der Waals surface area contributed by atoms with Gasteiger partial charge in [0.05, 0.1) is 19.3 Å². The summed E-state index contributed by atoms with van der Waals surface area (Å²) in [5.74, 6) is 0. The minimum Gasteiger partial charge on any atom is -0.441 e. The summed E-state index contributed by atoms with van der Waals surface area (Å²) in [7, 11) is 0. The molecule has 1 unspecified atom stereocenters. The minimum absolute atomic E-state index is 0.302. The molecule has 2 heterocycles. The fraction of sp³-hybridized carbons (Fsp3) is 0.933. The molecule has 1 atom stereocenters. The maximum atomic E-state index is 11.2. The Labute approximate surface area is 126 Å². The third kappa shape index (κ3) is 5.13. The molecule has 122 valence electrons. The van der Waals surface area contributed by atoms with Gasteiger partial charge in [-0.05, 0) is 6.42 Å². The average Bonchev–Trinajstić information content (AvgIpc) is 2.83. The Morgan fingerprint density at radius 2 is 2.19 bits per heavy atom. The summed E-state index contributed by atoms with van der Waals surface area (Å²) < 4.78 is 10.9. The highest BCUT2D eigenvalue weighted by Crippen LogP contribution is 2.29. The number of rotatable bonds is 8. The van der Waals surface area contributed by atoms with Crippen LogP contribution in [-0.4, -0.2) is 67.2 Å². The highest BCUT2D eigenvalue weighted by Gasteiger charge is 2.42. The second-order valence-electron chi connectivity index (χ2n) is 6.16. The van der Waals surface area contributed by atoms with Crippen LogP contribution in [0.2, 0.25) is 0 Å². The summed E-state index contributed by atoms with van der Waals surface area (Å²) in [4.78, 5) is 13.4. The maximum Gasteiger partial charge on any atom is 0.407 e. The molecule has 2 fully saturated rings. The first kappa shape index (κ1) is 16.5. The van der Waals surface area contributed by atoms with Crippen LogP contribution in [0.5, 0.6) is 0 Å². The Morgan fingerprint density at radius 3 is 2.81 bits per heavy atom. The number of alkyl carbamates (subject to hydrolysis) is 1. The van der Waals surface area contributed by atoms with Gasteiger partial charge >= 0.3 is 6.09 Å². The van der Waals surface area contributed by atoms with Crippen LogP contribution in [0.3, 0.4) is 0 Å². The van der Waals surface area contributed by atoms with Crippen molar-refractivity contribution in [3.8, 4) is 0 Å². The number of likely N-dealkylation sites (tertiary alicyclic amines) is 1. The second-order valence-corrected chi connectivity index (χ2v) is 6.16. The first-order valence-corrected chi connectivity index (χ1v) is 8.08. The van der Waals surface area contributed by atoms with Gasteiger partial charge in [-0.3, -0.25) is 0 Å². The van der Waals surface area contributed by atoms with Crippen molar-refractivity contribution in [2.45, 2.75) is 50.7 Å². The van der Waals surface area contributed by atoms with Gasteiger partial charge in [0.1, 0.15) is 5.60 Å². The number of carbonyl (C=O) groups excluding carboxylic acids is 1. The Bertz CT molecular complexity index is 330. The zero-order valence-corrected chi connectivity index (χ0v) is 13.0. The van der Waals surface area contributed by atoms with Crippen LogP contribution in [0.15, 0.2) is 0 Å². The van der Waals surface area contributed by atoms with Gasteiger partial charge in [-0.15, -0.1) is 0 Å². The molecule has 0 bridgehead atoms. The van der Waals surface area contributed by atoms with E-state index in [0.717, 1.165) is 39.0 Å². The van der Waals surface area contributed by atoms with E-state index in [-0.39, 0.29) is 11.7 Å². The van der Waals surface area contributed by atoms with Gasteiger partial charge in [-0.25, -0.2) is 4.79 Å². The Hall–Kier alpha value is -0.850. The number of hydrogen-bond donors (Lipinski definition) is 2. The van der Waals surface area contributed by atoms with E-state index in [9.17, 15) is 9.90 Å². The molecule has 2 saturated heterocycles. The van der Waals surface area contributed by atoms with Crippen LogP contribution in [0.1, 0.15) is 39.0 Å². The molecular formula is C15H28N2O4. The number of piperidine rings is 1. The zero-order valence-electron chi connectivity index (χ0n) is 13.0. The molecule has 2 aliphatic heterocycles. The number of hydrogen-bond acceptors (Lipinski definition) is 5. The Kier molecular flexibility index (Phi) is 6.26. The standard InChI is InChI=1S/C15H28N2O4/c1-2-3-4-9-20-11-13(18)10-17-7-5-15(6-8-17)12-16-14(19)21-15/h13,18H,2-12H2,1H3,(H,16,19). The molecule has 1 spiro atoms. The number of unbranched alkanes of at least 4 members (excludes halogenated alkanes) is 2. The van der Waals surface area contributed by atoms with Crippen molar-refractivity contribution in [3.05, 3.63) is 0 Å². The highest BCUT2D eigenvalue weighted by atomic mass is 16.6. The molecule has 2 rings (SSSR count). The van der Waals surface area contributed by atoms with Crippen LogP contribution >= 0.6 is 0 Å². The van der Waals surface area contributed by atoms with Crippen molar-refractivity contribution in [1.82, 2.24) is 10.2 Å². The van der Waals surface area contributed by atoms with E-state index in [0.29, 0.717) is 19.7 Å². The number of aliphatic hydroxyl groups excluding tert-OH is 1. The van der Waals surface area contributed by atoms with E-state index < -0.39 is 6.10 Å². The molecule has 0 aromatic carbocycles. The van der Waals surface area contributed by atoms with Gasteiger partial charge in [-0.2, -0.15) is 0 Å². The summed E-state index contributed by atoms with van der Waals surface area (Å²) in [6.45, 7) is 6.24. The first-order chi connectivity index (χ1) is 10.1. The molecule has 21 heavy (non-hydrogen) atoms. The Balaban J connectivity index is 1.58. The van der Waals surface area contributed by atoms with Gasteiger partial charge in [0, 0.05) is 39.1 Å². The molecule has 2 aliphatic rings. The van der Waals surface area contributed by atoms with Crippen molar-refractivity contribution in [1.29, 1.82) is 0 Å². The first-order valence-electron chi connectivity index (χ1n) is 8.08. The minimum atomic E-state index is -0.440. The van der Waals surface area contributed by atoms with Crippen molar-refractivity contribution in [2.75, 3.05) is 39.4 Å². The summed E-state index contributed by atoms with van der Waals surface area (Å²) in [5.41, 5.74) is -0.310. The molecule has 0 aromatic heterocycles. The highest BCUT2D eigenvalue weighted by molar-refractivity contribution is 5.70. The molecule has 0 radical (unpaired) electrons. The van der Waals surface area contributed by atoms with E-state index in [1.165, 1.54) is 12.8 Å². The van der Waals surface area contributed by atoms with Gasteiger partial charge in [0.2, 0.25) is 0 Å². The smallest absolute Gasteiger partial charge is 0.407 e. The number of carbonyl (C=O) groups is 1. The van der Waals surface area contributed by atoms with E-state index in [4.69, 9.17) is 9.47 Å². The predicted molar refractivity (Wildman–Crippen MR) is 79.2 cm³/mol. The number of amides is 1. The summed E-state index contributed by atoms with van der Waals surface area (Å²) in [6.07, 6.45) is 4.34. The predicted octanol–water partition coefficient (Wildman–Crippen LogP) is 1.13. The van der Waals surface area contributed by atoms with Crippen LogP contribution in [0.25, 0.3) is 0 Å². The molecule has 2 N–H and O–H groups in total. The van der Waals surface area contributed by atoms with Crippen molar-refractivity contribution in [2.24, 2.45) is 0 Å². The van der Waals surface area contributed by atoms with E-state index in [2.05, 4.69) is 17.1 Å². The van der Waals surface area contributed by atoms with Crippen LogP contribution in [0, 0.1) is 0 Å². The van der Waals surface area contributed by atoms with Crippen LogP contribution in [-0.2, 0) is 9.47 Å². The number of β-amino-alcohol motifs (C(OH)–C–C–N with tert-alkyl or cyclic N) is 1. The third-order valence-electron chi connectivity index (χ3n) is 4.30. The molecule has 0 aromatic rings. The van der Waals surface area contributed by atoms with Gasteiger partial charge in [0.25, 0.3) is 0 Å². The van der Waals surface area contributed by atoms with Crippen molar-refractivity contribution < 1.29 is 19.4 Å². The normalized spacial score (nSPS) is 23.0. The Morgan fingerprint density at radius 1 is 1.43 bits per heavy atom.